The summed E-state index contributed by atoms with van der Waals surface area (Å²) < 4.78 is 1.69. The minimum Gasteiger partial charge on any atom is -0.353 e. The average Bonchev–Trinajstić information content (AvgIpc) is 3.00. The molecular formula is C19H26N6O2. The Bertz CT molecular complexity index is 789. The van der Waals surface area contributed by atoms with Crippen molar-refractivity contribution in [3.8, 4) is 0 Å². The lowest BCUT2D eigenvalue weighted by molar-refractivity contribution is -0.122. The van der Waals surface area contributed by atoms with Gasteiger partial charge in [0.05, 0.1) is 17.5 Å². The van der Waals surface area contributed by atoms with E-state index in [0.29, 0.717) is 18.4 Å². The normalized spacial score (nSPS) is 19.5. The average molecular weight is 370 g/mol. The van der Waals surface area contributed by atoms with Gasteiger partial charge in [-0.2, -0.15) is 5.10 Å². The second kappa shape index (κ2) is 8.75. The van der Waals surface area contributed by atoms with Crippen molar-refractivity contribution in [3.05, 3.63) is 41.7 Å². The predicted molar refractivity (Wildman–Crippen MR) is 100.0 cm³/mol. The van der Waals surface area contributed by atoms with Crippen molar-refractivity contribution in [2.24, 2.45) is 7.05 Å². The minimum atomic E-state index is -0.0970. The summed E-state index contributed by atoms with van der Waals surface area (Å²) in [6.07, 6.45) is 11.1. The summed E-state index contributed by atoms with van der Waals surface area (Å²) in [6, 6.07) is 0.157. The highest BCUT2D eigenvalue weighted by molar-refractivity contribution is 5.95. The van der Waals surface area contributed by atoms with E-state index in [2.05, 4.69) is 25.7 Å². The van der Waals surface area contributed by atoms with Crippen LogP contribution in [0.25, 0.3) is 0 Å². The maximum Gasteiger partial charge on any atom is 0.254 e. The Labute approximate surface area is 158 Å². The molecule has 2 N–H and O–H groups in total. The van der Waals surface area contributed by atoms with Crippen molar-refractivity contribution >= 4 is 11.8 Å². The lowest BCUT2D eigenvalue weighted by atomic mass is 9.90. The van der Waals surface area contributed by atoms with Crippen molar-refractivity contribution in [2.75, 3.05) is 0 Å². The monoisotopic (exact) mass is 370 g/mol. The number of nitrogens with one attached hydrogen (secondary N) is 2. The molecule has 0 bridgehead atoms. The van der Waals surface area contributed by atoms with E-state index in [1.54, 1.807) is 29.5 Å². The summed E-state index contributed by atoms with van der Waals surface area (Å²) >= 11 is 0. The Morgan fingerprint density at radius 3 is 2.63 bits per heavy atom. The molecule has 1 aliphatic rings. The SMILES string of the molecule is Cc1c(C(=O)N[C@@H]2CCC[C@@H](NC(=O)CCc3cnccn3)C2)cnn1C. The van der Waals surface area contributed by atoms with Gasteiger partial charge in [-0.15, -0.1) is 0 Å². The maximum absolute atomic E-state index is 12.5. The van der Waals surface area contributed by atoms with Gasteiger partial charge in [0.2, 0.25) is 5.91 Å². The van der Waals surface area contributed by atoms with E-state index in [1.165, 1.54) is 0 Å². The Balaban J connectivity index is 1.46. The van der Waals surface area contributed by atoms with Gasteiger partial charge < -0.3 is 10.6 Å². The van der Waals surface area contributed by atoms with Gasteiger partial charge in [-0.05, 0) is 39.0 Å². The van der Waals surface area contributed by atoms with E-state index >= 15 is 0 Å². The van der Waals surface area contributed by atoms with Gasteiger partial charge >= 0.3 is 0 Å². The second-order valence-electron chi connectivity index (χ2n) is 7.07. The first-order valence-electron chi connectivity index (χ1n) is 9.36. The van der Waals surface area contributed by atoms with E-state index in [9.17, 15) is 9.59 Å². The van der Waals surface area contributed by atoms with E-state index in [-0.39, 0.29) is 23.9 Å². The molecule has 27 heavy (non-hydrogen) atoms. The van der Waals surface area contributed by atoms with E-state index < -0.39 is 0 Å². The number of nitrogens with zero attached hydrogens (tertiary/aromatic N) is 4. The molecule has 2 aromatic rings. The zero-order valence-corrected chi connectivity index (χ0v) is 15.8. The number of hydrogen-bond donors (Lipinski definition) is 2. The first kappa shape index (κ1) is 19.0. The summed E-state index contributed by atoms with van der Waals surface area (Å²) in [6.45, 7) is 1.88. The molecule has 3 rings (SSSR count). The number of aromatic nitrogens is 4. The van der Waals surface area contributed by atoms with Crippen LogP contribution in [-0.4, -0.2) is 43.6 Å². The highest BCUT2D eigenvalue weighted by Gasteiger charge is 2.25. The lowest BCUT2D eigenvalue weighted by Crippen LogP contribution is -2.45. The Hall–Kier alpha value is -2.77. The van der Waals surface area contributed by atoms with Gasteiger partial charge in [-0.3, -0.25) is 24.2 Å². The summed E-state index contributed by atoms with van der Waals surface area (Å²) in [4.78, 5) is 32.9. The molecule has 8 heteroatoms. The van der Waals surface area contributed by atoms with Crippen molar-refractivity contribution in [2.45, 2.75) is 57.5 Å². The van der Waals surface area contributed by atoms with Crippen LogP contribution in [0.1, 0.15) is 53.8 Å². The molecule has 0 aromatic carbocycles. The van der Waals surface area contributed by atoms with Gasteiger partial charge in [0.25, 0.3) is 5.91 Å². The molecule has 8 nitrogen and oxygen atoms in total. The van der Waals surface area contributed by atoms with Crippen molar-refractivity contribution < 1.29 is 9.59 Å². The third-order valence-electron chi connectivity index (χ3n) is 5.08. The fourth-order valence-corrected chi connectivity index (χ4v) is 3.44. The molecule has 1 aliphatic carbocycles. The molecule has 0 spiro atoms. The molecule has 2 aromatic heterocycles. The topological polar surface area (TPSA) is 102 Å². The molecule has 2 amide bonds. The minimum absolute atomic E-state index is 0.0146. The number of rotatable bonds is 6. The Morgan fingerprint density at radius 2 is 1.96 bits per heavy atom. The summed E-state index contributed by atoms with van der Waals surface area (Å²) in [5.41, 5.74) is 2.26. The number of hydrogen-bond acceptors (Lipinski definition) is 5. The van der Waals surface area contributed by atoms with E-state index in [0.717, 1.165) is 37.1 Å². The van der Waals surface area contributed by atoms with E-state index in [1.807, 2.05) is 14.0 Å². The summed E-state index contributed by atoms with van der Waals surface area (Å²) in [5.74, 6) is -0.0824. The molecular weight excluding hydrogens is 344 g/mol. The maximum atomic E-state index is 12.5. The zero-order valence-electron chi connectivity index (χ0n) is 15.8. The number of carbonyl (C=O) groups excluding carboxylic acids is 2. The van der Waals surface area contributed by atoms with Crippen molar-refractivity contribution in [3.63, 3.8) is 0 Å². The fraction of sp³-hybridized carbons (Fsp3) is 0.526. The quantitative estimate of drug-likeness (QED) is 0.798. The zero-order chi connectivity index (χ0) is 19.2. The van der Waals surface area contributed by atoms with Gasteiger partial charge in [0, 0.05) is 49.8 Å². The summed E-state index contributed by atoms with van der Waals surface area (Å²) in [5, 5.41) is 10.3. The number of aryl methyl sites for hydroxylation is 2. The van der Waals surface area contributed by atoms with Crippen LogP contribution in [0.5, 0.6) is 0 Å². The largest absolute Gasteiger partial charge is 0.353 e. The third kappa shape index (κ3) is 5.12. The van der Waals surface area contributed by atoms with Crippen LogP contribution in [0, 0.1) is 6.92 Å². The Kier molecular flexibility index (Phi) is 6.16. The van der Waals surface area contributed by atoms with Crippen LogP contribution in [0.2, 0.25) is 0 Å². The number of carbonyl (C=O) groups is 2. The van der Waals surface area contributed by atoms with E-state index in [4.69, 9.17) is 0 Å². The van der Waals surface area contributed by atoms with Crippen molar-refractivity contribution in [1.29, 1.82) is 0 Å². The molecule has 0 unspecified atom stereocenters. The third-order valence-corrected chi connectivity index (χ3v) is 5.08. The molecule has 0 saturated heterocycles. The second-order valence-corrected chi connectivity index (χ2v) is 7.07. The molecule has 0 radical (unpaired) electrons. The van der Waals surface area contributed by atoms with Crippen LogP contribution in [0.3, 0.4) is 0 Å². The first-order chi connectivity index (χ1) is 13.0. The smallest absolute Gasteiger partial charge is 0.254 e. The van der Waals surface area contributed by atoms with Crippen LogP contribution in [0.15, 0.2) is 24.8 Å². The van der Waals surface area contributed by atoms with Crippen LogP contribution < -0.4 is 10.6 Å². The predicted octanol–water partition coefficient (Wildman–Crippen LogP) is 1.31. The fourth-order valence-electron chi connectivity index (χ4n) is 3.44. The standard InChI is InChI=1S/C19H26N6O2/c1-13-17(12-22-25(13)2)19(27)24-15-5-3-4-14(10-15)23-18(26)7-6-16-11-20-8-9-21-16/h8-9,11-12,14-15H,3-7,10H2,1-2H3,(H,23,26)(H,24,27)/t14-,15-/m1/s1. The van der Waals surface area contributed by atoms with Gasteiger partial charge in [-0.1, -0.05) is 0 Å². The molecule has 0 aliphatic heterocycles. The Morgan fingerprint density at radius 1 is 1.19 bits per heavy atom. The molecule has 1 fully saturated rings. The number of amides is 2. The van der Waals surface area contributed by atoms with Gasteiger partial charge in [0.1, 0.15) is 0 Å². The van der Waals surface area contributed by atoms with Crippen molar-refractivity contribution in [1.82, 2.24) is 30.4 Å². The highest BCUT2D eigenvalue weighted by atomic mass is 16.2. The van der Waals surface area contributed by atoms with Gasteiger partial charge in [0.15, 0.2) is 0 Å². The molecule has 2 atom stereocenters. The lowest BCUT2D eigenvalue weighted by Gasteiger charge is -2.30. The van der Waals surface area contributed by atoms with Gasteiger partial charge in [-0.25, -0.2) is 0 Å². The first-order valence-corrected chi connectivity index (χ1v) is 9.36. The molecule has 144 valence electrons. The molecule has 1 saturated carbocycles. The van der Waals surface area contributed by atoms with Crippen LogP contribution >= 0.6 is 0 Å². The van der Waals surface area contributed by atoms with Crippen LogP contribution in [-0.2, 0) is 18.3 Å². The van der Waals surface area contributed by atoms with Crippen LogP contribution in [0.4, 0.5) is 0 Å². The summed E-state index contributed by atoms with van der Waals surface area (Å²) in [7, 11) is 1.82. The highest BCUT2D eigenvalue weighted by Crippen LogP contribution is 2.19. The molecule has 2 heterocycles.